The van der Waals surface area contributed by atoms with Crippen molar-refractivity contribution in [2.45, 2.75) is 13.8 Å². The highest BCUT2D eigenvalue weighted by Crippen LogP contribution is 2.34. The second kappa shape index (κ2) is 9.90. The minimum Gasteiger partial charge on any atom is -0.490 e. The first-order valence-corrected chi connectivity index (χ1v) is 8.88. The number of carbonyl (C=O) groups is 1. The third kappa shape index (κ3) is 6.39. The molecule has 2 rings (SSSR count). The lowest BCUT2D eigenvalue weighted by molar-refractivity contribution is -0.119. The smallest absolute Gasteiger partial charge is 0.342 e. The summed E-state index contributed by atoms with van der Waals surface area (Å²) in [7, 11) is 0. The zero-order valence-electron chi connectivity index (χ0n) is 15.0. The highest BCUT2D eigenvalue weighted by atomic mass is 35.5. The van der Waals surface area contributed by atoms with Crippen molar-refractivity contribution in [1.29, 1.82) is 0 Å². The van der Waals surface area contributed by atoms with Gasteiger partial charge in [-0.2, -0.15) is 5.10 Å². The van der Waals surface area contributed by atoms with Crippen molar-refractivity contribution in [3.8, 4) is 5.75 Å². The van der Waals surface area contributed by atoms with Gasteiger partial charge in [0.2, 0.25) is 5.82 Å². The summed E-state index contributed by atoms with van der Waals surface area (Å²) in [4.78, 5) is 36.0. The summed E-state index contributed by atoms with van der Waals surface area (Å²) in [5.41, 5.74) is 1.33. The van der Waals surface area contributed by atoms with Gasteiger partial charge >= 0.3 is 5.69 Å². The maximum Gasteiger partial charge on any atom is 0.342 e. The molecule has 0 saturated heterocycles. The molecule has 0 aliphatic carbocycles. The molecule has 0 saturated carbocycles. The van der Waals surface area contributed by atoms with E-state index < -0.39 is 17.2 Å². The topological polar surface area (TPSA) is 141 Å². The molecule has 28 heavy (non-hydrogen) atoms. The van der Waals surface area contributed by atoms with Crippen LogP contribution in [0.3, 0.4) is 0 Å². The van der Waals surface area contributed by atoms with Crippen LogP contribution in [0.15, 0.2) is 26.8 Å². The summed E-state index contributed by atoms with van der Waals surface area (Å²) >= 11 is 12.3. The van der Waals surface area contributed by atoms with E-state index in [2.05, 4.69) is 20.9 Å². The maximum atomic E-state index is 11.8. The number of ether oxygens (including phenoxy) is 1. The van der Waals surface area contributed by atoms with Gasteiger partial charge in [0, 0.05) is 0 Å². The molecule has 0 unspecified atom stereocenters. The van der Waals surface area contributed by atoms with Crippen molar-refractivity contribution in [3.63, 3.8) is 0 Å². The predicted molar refractivity (Wildman–Crippen MR) is 106 cm³/mol. The number of anilines is 1. The fourth-order valence-electron chi connectivity index (χ4n) is 1.89. The van der Waals surface area contributed by atoms with Crippen LogP contribution in [0.25, 0.3) is 0 Å². The van der Waals surface area contributed by atoms with Crippen molar-refractivity contribution in [3.05, 3.63) is 48.6 Å². The molecule has 1 amide bonds. The minimum absolute atomic E-state index is 0.200. The molecule has 0 fully saturated rings. The molecular formula is C16H18Cl2N6O4. The van der Waals surface area contributed by atoms with Crippen molar-refractivity contribution in [2.75, 3.05) is 18.5 Å². The Hall–Kier alpha value is -2.85. The van der Waals surface area contributed by atoms with E-state index in [9.17, 15) is 14.4 Å². The van der Waals surface area contributed by atoms with Crippen LogP contribution in [-0.4, -0.2) is 40.5 Å². The quantitative estimate of drug-likeness (QED) is 0.369. The molecule has 0 aliphatic rings. The number of hydrogen-bond acceptors (Lipinski definition) is 7. The van der Waals surface area contributed by atoms with Gasteiger partial charge in [-0.05, 0) is 23.6 Å². The molecule has 1 aromatic heterocycles. The zero-order valence-corrected chi connectivity index (χ0v) is 16.5. The number of aromatic amines is 2. The lowest BCUT2D eigenvalue weighted by Gasteiger charge is -2.12. The molecule has 0 radical (unpaired) electrons. The first kappa shape index (κ1) is 21.5. The number of amides is 1. The van der Waals surface area contributed by atoms with E-state index in [0.717, 1.165) is 0 Å². The Labute approximate surface area is 169 Å². The molecule has 4 N–H and O–H groups in total. The number of hydrogen-bond donors (Lipinski definition) is 4. The fourth-order valence-corrected chi connectivity index (χ4v) is 2.50. The number of nitrogens with one attached hydrogen (secondary N) is 4. The van der Waals surface area contributed by atoms with Crippen LogP contribution >= 0.6 is 23.2 Å². The fraction of sp³-hybridized carbons (Fsp3) is 0.312. The molecule has 2 aromatic rings. The van der Waals surface area contributed by atoms with E-state index >= 15 is 0 Å². The Morgan fingerprint density at radius 2 is 2.00 bits per heavy atom. The summed E-state index contributed by atoms with van der Waals surface area (Å²) in [5, 5.41) is 12.4. The highest BCUT2D eigenvalue weighted by Gasteiger charge is 2.10. The third-order valence-corrected chi connectivity index (χ3v) is 3.67. The van der Waals surface area contributed by atoms with Crippen molar-refractivity contribution >= 4 is 41.1 Å². The van der Waals surface area contributed by atoms with Gasteiger partial charge in [0.05, 0.1) is 29.4 Å². The molecule has 0 bridgehead atoms. The Bertz CT molecular complexity index is 963. The normalized spacial score (nSPS) is 11.0. The molecule has 0 atom stereocenters. The number of hydrazone groups is 1. The number of nitrogens with zero attached hydrogens (tertiary/aromatic N) is 2. The summed E-state index contributed by atoms with van der Waals surface area (Å²) in [6.07, 6.45) is 1.35. The van der Waals surface area contributed by atoms with Gasteiger partial charge in [0.1, 0.15) is 0 Å². The summed E-state index contributed by atoms with van der Waals surface area (Å²) in [6, 6.07) is 3.20. The number of H-pyrrole nitrogens is 2. The standard InChI is InChI=1S/C16H18Cl2N6O4/c1-8(2)7-28-13-10(17)3-9(4-11(13)18)5-20-22-12(25)6-19-14-15(26)21-16(27)24-23-14/h3-5,8H,6-7H2,1-2H3,(H,19,23)(H,22,25)(H2,21,24,26,27)/b20-5+. The molecule has 150 valence electrons. The summed E-state index contributed by atoms with van der Waals surface area (Å²) in [6.45, 7) is 4.19. The number of carbonyl (C=O) groups excluding carboxylic acids is 1. The SMILES string of the molecule is CC(C)COc1c(Cl)cc(/C=N/NC(=O)CNc2n[nH]c(=O)[nH]c2=O)cc1Cl. The predicted octanol–water partition coefficient (Wildman–Crippen LogP) is 1.36. The Morgan fingerprint density at radius 3 is 2.61 bits per heavy atom. The lowest BCUT2D eigenvalue weighted by atomic mass is 10.2. The Balaban J connectivity index is 1.92. The van der Waals surface area contributed by atoms with Crippen LogP contribution in [0, 0.1) is 5.92 Å². The monoisotopic (exact) mass is 428 g/mol. The molecule has 1 heterocycles. The van der Waals surface area contributed by atoms with Gasteiger partial charge in [-0.25, -0.2) is 15.3 Å². The van der Waals surface area contributed by atoms with E-state index in [1.165, 1.54) is 6.21 Å². The lowest BCUT2D eigenvalue weighted by Crippen LogP contribution is -2.31. The van der Waals surface area contributed by atoms with Crippen LogP contribution in [0.2, 0.25) is 10.0 Å². The van der Waals surface area contributed by atoms with E-state index in [4.69, 9.17) is 27.9 Å². The number of halogens is 2. The molecular weight excluding hydrogens is 411 g/mol. The second-order valence-electron chi connectivity index (χ2n) is 6.02. The Kier molecular flexibility index (Phi) is 7.59. The second-order valence-corrected chi connectivity index (χ2v) is 6.84. The Morgan fingerprint density at radius 1 is 1.32 bits per heavy atom. The van der Waals surface area contributed by atoms with Gasteiger partial charge in [0.15, 0.2) is 5.75 Å². The highest BCUT2D eigenvalue weighted by molar-refractivity contribution is 6.37. The molecule has 12 heteroatoms. The molecule has 10 nitrogen and oxygen atoms in total. The van der Waals surface area contributed by atoms with Gasteiger partial charge in [0.25, 0.3) is 11.5 Å². The first-order chi connectivity index (χ1) is 13.3. The zero-order chi connectivity index (χ0) is 20.7. The first-order valence-electron chi connectivity index (χ1n) is 8.13. The van der Waals surface area contributed by atoms with Gasteiger partial charge in [-0.3, -0.25) is 14.6 Å². The van der Waals surface area contributed by atoms with Crippen LogP contribution in [-0.2, 0) is 4.79 Å². The van der Waals surface area contributed by atoms with Crippen molar-refractivity contribution < 1.29 is 9.53 Å². The summed E-state index contributed by atoms with van der Waals surface area (Å²) < 4.78 is 5.58. The average Bonchev–Trinajstić information content (AvgIpc) is 2.60. The molecule has 1 aromatic carbocycles. The average molecular weight is 429 g/mol. The van der Waals surface area contributed by atoms with Crippen molar-refractivity contribution in [2.24, 2.45) is 11.0 Å². The molecule has 0 spiro atoms. The van der Waals surface area contributed by atoms with E-state index in [-0.39, 0.29) is 12.4 Å². The van der Waals surface area contributed by atoms with E-state index in [1.54, 1.807) is 12.1 Å². The number of benzene rings is 1. The number of rotatable bonds is 8. The van der Waals surface area contributed by atoms with Crippen LogP contribution < -0.4 is 26.7 Å². The third-order valence-electron chi connectivity index (χ3n) is 3.11. The summed E-state index contributed by atoms with van der Waals surface area (Å²) in [5.74, 6) is -0.0350. The van der Waals surface area contributed by atoms with Crippen LogP contribution in [0.4, 0.5) is 5.82 Å². The number of aromatic nitrogens is 3. The van der Waals surface area contributed by atoms with Crippen LogP contribution in [0.1, 0.15) is 19.4 Å². The van der Waals surface area contributed by atoms with Gasteiger partial charge in [-0.1, -0.05) is 37.0 Å². The molecule has 0 aliphatic heterocycles. The van der Waals surface area contributed by atoms with Crippen LogP contribution in [0.5, 0.6) is 5.75 Å². The van der Waals surface area contributed by atoms with E-state index in [0.29, 0.717) is 33.9 Å². The van der Waals surface area contributed by atoms with Gasteiger partial charge in [-0.15, -0.1) is 5.10 Å². The van der Waals surface area contributed by atoms with Crippen molar-refractivity contribution in [1.82, 2.24) is 20.6 Å². The minimum atomic E-state index is -0.748. The van der Waals surface area contributed by atoms with E-state index in [1.807, 2.05) is 23.9 Å². The maximum absolute atomic E-state index is 11.8. The largest absolute Gasteiger partial charge is 0.490 e. The van der Waals surface area contributed by atoms with Gasteiger partial charge < -0.3 is 10.1 Å².